The van der Waals surface area contributed by atoms with Crippen LogP contribution in [0.2, 0.25) is 0 Å². The quantitative estimate of drug-likeness (QED) is 0.440. The number of benzene rings is 1. The molecule has 5 heteroatoms. The van der Waals surface area contributed by atoms with Crippen LogP contribution >= 0.6 is 0 Å². The first-order chi connectivity index (χ1) is 10.6. The fourth-order valence-corrected chi connectivity index (χ4v) is 1.79. The molecule has 0 bridgehead atoms. The van der Waals surface area contributed by atoms with E-state index < -0.39 is 5.97 Å². The first-order valence-corrected chi connectivity index (χ1v) is 7.15. The second-order valence-electron chi connectivity index (χ2n) is 4.41. The Labute approximate surface area is 130 Å². The molecule has 0 aliphatic rings. The van der Waals surface area contributed by atoms with Crippen LogP contribution in [0, 0.1) is 11.3 Å². The number of carbonyl (C=O) groups is 2. The van der Waals surface area contributed by atoms with Gasteiger partial charge in [-0.05, 0) is 44.4 Å². The molecule has 0 N–H and O–H groups in total. The third-order valence-corrected chi connectivity index (χ3v) is 2.86. The van der Waals surface area contributed by atoms with Gasteiger partial charge in [0.1, 0.15) is 11.6 Å². The lowest BCUT2D eigenvalue weighted by Crippen LogP contribution is -2.06. The summed E-state index contributed by atoms with van der Waals surface area (Å²) in [4.78, 5) is 22.9. The van der Waals surface area contributed by atoms with E-state index in [9.17, 15) is 9.59 Å². The average Bonchev–Trinajstić information content (AvgIpc) is 2.52. The zero-order chi connectivity index (χ0) is 16.4. The minimum atomic E-state index is -0.595. The van der Waals surface area contributed by atoms with Gasteiger partial charge in [0.15, 0.2) is 0 Å². The molecule has 0 aromatic heterocycles. The molecular formula is C17H19NO4. The molecule has 0 spiro atoms. The Kier molecular flexibility index (Phi) is 7.41. The largest absolute Gasteiger partial charge is 0.462 e. The molecule has 1 aromatic rings. The molecule has 0 aliphatic heterocycles. The highest BCUT2D eigenvalue weighted by Gasteiger charge is 2.09. The number of carbonyl (C=O) groups excluding carboxylic acids is 2. The van der Waals surface area contributed by atoms with Crippen molar-refractivity contribution in [1.82, 2.24) is 0 Å². The Bertz CT molecular complexity index is 582. The van der Waals surface area contributed by atoms with Crippen LogP contribution in [0.15, 0.2) is 35.9 Å². The molecule has 116 valence electrons. The van der Waals surface area contributed by atoms with E-state index in [1.807, 2.05) is 18.2 Å². The minimum Gasteiger partial charge on any atom is -0.462 e. The molecule has 0 saturated heterocycles. The van der Waals surface area contributed by atoms with Gasteiger partial charge in [-0.1, -0.05) is 18.2 Å². The molecule has 22 heavy (non-hydrogen) atoms. The number of hydrogen-bond donors (Lipinski definition) is 0. The third-order valence-electron chi connectivity index (χ3n) is 2.86. The number of rotatable bonds is 7. The number of hydrogen-bond acceptors (Lipinski definition) is 5. The van der Waals surface area contributed by atoms with Gasteiger partial charge in [0.25, 0.3) is 0 Å². The van der Waals surface area contributed by atoms with E-state index in [2.05, 4.69) is 0 Å². The molecule has 0 heterocycles. The number of nitriles is 1. The molecule has 0 amide bonds. The Morgan fingerprint density at radius 1 is 1.14 bits per heavy atom. The fourth-order valence-electron chi connectivity index (χ4n) is 1.79. The van der Waals surface area contributed by atoms with Crippen molar-refractivity contribution in [3.8, 4) is 6.07 Å². The van der Waals surface area contributed by atoms with Gasteiger partial charge >= 0.3 is 11.9 Å². The topological polar surface area (TPSA) is 76.4 Å². The van der Waals surface area contributed by atoms with Crippen molar-refractivity contribution in [2.45, 2.75) is 26.7 Å². The predicted octanol–water partition coefficient (Wildman–Crippen LogP) is 2.81. The monoisotopic (exact) mass is 301 g/mol. The van der Waals surface area contributed by atoms with Crippen LogP contribution in [0.5, 0.6) is 0 Å². The molecule has 0 unspecified atom stereocenters. The Morgan fingerprint density at radius 2 is 1.77 bits per heavy atom. The molecule has 0 radical (unpaired) electrons. The molecular weight excluding hydrogens is 282 g/mol. The van der Waals surface area contributed by atoms with Crippen LogP contribution in [0.3, 0.4) is 0 Å². The van der Waals surface area contributed by atoms with Crippen LogP contribution < -0.4 is 0 Å². The Morgan fingerprint density at radius 3 is 2.32 bits per heavy atom. The second-order valence-corrected chi connectivity index (χ2v) is 4.41. The number of nitrogens with zero attached hydrogens (tertiary/aromatic N) is 1. The van der Waals surface area contributed by atoms with Crippen LogP contribution in [-0.2, 0) is 20.7 Å². The van der Waals surface area contributed by atoms with Gasteiger partial charge in [-0.15, -0.1) is 0 Å². The fraction of sp³-hybridized carbons (Fsp3) is 0.353. The molecule has 0 atom stereocenters. The average molecular weight is 301 g/mol. The van der Waals surface area contributed by atoms with E-state index in [4.69, 9.17) is 14.7 Å². The number of allylic oxidation sites excluding steroid dienone is 1. The van der Waals surface area contributed by atoms with E-state index in [0.717, 1.165) is 5.56 Å². The lowest BCUT2D eigenvalue weighted by atomic mass is 10.1. The van der Waals surface area contributed by atoms with Crippen molar-refractivity contribution in [3.63, 3.8) is 0 Å². The van der Waals surface area contributed by atoms with Crippen molar-refractivity contribution >= 4 is 11.9 Å². The van der Waals surface area contributed by atoms with Crippen LogP contribution in [0.1, 0.15) is 36.2 Å². The van der Waals surface area contributed by atoms with Gasteiger partial charge < -0.3 is 9.47 Å². The Hall–Kier alpha value is -2.61. The predicted molar refractivity (Wildman–Crippen MR) is 81.0 cm³/mol. The van der Waals surface area contributed by atoms with Crippen molar-refractivity contribution in [2.75, 3.05) is 13.2 Å². The first kappa shape index (κ1) is 17.4. The maximum absolute atomic E-state index is 11.5. The standard InChI is InChI=1S/C17H19NO4/c1-3-21-16(19)14-10-8-13(9-11-14)6-5-7-15(12-18)17(20)22-4-2/h7-11H,3-6H2,1-2H3/b15-7-. The summed E-state index contributed by atoms with van der Waals surface area (Å²) in [5.41, 5.74) is 1.53. The number of esters is 2. The normalized spacial score (nSPS) is 10.7. The minimum absolute atomic E-state index is 0.0185. The highest BCUT2D eigenvalue weighted by Crippen LogP contribution is 2.09. The van der Waals surface area contributed by atoms with Gasteiger partial charge in [0.05, 0.1) is 18.8 Å². The highest BCUT2D eigenvalue weighted by atomic mass is 16.5. The first-order valence-electron chi connectivity index (χ1n) is 7.15. The number of ether oxygens (including phenoxy) is 2. The van der Waals surface area contributed by atoms with E-state index in [1.54, 1.807) is 32.1 Å². The number of aryl methyl sites for hydroxylation is 1. The maximum atomic E-state index is 11.5. The maximum Gasteiger partial charge on any atom is 0.348 e. The van der Waals surface area contributed by atoms with Gasteiger partial charge in [-0.2, -0.15) is 5.26 Å². The molecule has 0 aliphatic carbocycles. The summed E-state index contributed by atoms with van der Waals surface area (Å²) in [6.07, 6.45) is 2.77. The van der Waals surface area contributed by atoms with Gasteiger partial charge in [-0.25, -0.2) is 9.59 Å². The molecule has 0 saturated carbocycles. The third kappa shape index (κ3) is 5.41. The zero-order valence-electron chi connectivity index (χ0n) is 12.8. The Balaban J connectivity index is 2.60. The summed E-state index contributed by atoms with van der Waals surface area (Å²) in [5.74, 6) is -0.939. The van der Waals surface area contributed by atoms with Crippen molar-refractivity contribution in [2.24, 2.45) is 0 Å². The summed E-state index contributed by atoms with van der Waals surface area (Å²) in [6.45, 7) is 4.04. The highest BCUT2D eigenvalue weighted by molar-refractivity contribution is 5.92. The van der Waals surface area contributed by atoms with Crippen LogP contribution in [0.25, 0.3) is 0 Å². The molecule has 0 fully saturated rings. The van der Waals surface area contributed by atoms with Gasteiger partial charge in [-0.3, -0.25) is 0 Å². The van der Waals surface area contributed by atoms with Crippen molar-refractivity contribution < 1.29 is 19.1 Å². The van der Waals surface area contributed by atoms with Crippen LogP contribution in [-0.4, -0.2) is 25.2 Å². The summed E-state index contributed by atoms with van der Waals surface area (Å²) in [7, 11) is 0. The van der Waals surface area contributed by atoms with E-state index in [-0.39, 0.29) is 18.1 Å². The summed E-state index contributed by atoms with van der Waals surface area (Å²) < 4.78 is 9.69. The van der Waals surface area contributed by atoms with Crippen LogP contribution in [0.4, 0.5) is 0 Å². The molecule has 1 aromatic carbocycles. The van der Waals surface area contributed by atoms with Gasteiger partial charge in [0.2, 0.25) is 0 Å². The molecule has 5 nitrogen and oxygen atoms in total. The van der Waals surface area contributed by atoms with E-state index in [0.29, 0.717) is 25.0 Å². The van der Waals surface area contributed by atoms with E-state index in [1.165, 1.54) is 0 Å². The summed E-state index contributed by atoms with van der Waals surface area (Å²) >= 11 is 0. The lowest BCUT2D eigenvalue weighted by Gasteiger charge is -2.03. The summed E-state index contributed by atoms with van der Waals surface area (Å²) in [5, 5.41) is 8.90. The SMILES string of the molecule is CCOC(=O)/C(C#N)=C\CCc1ccc(C(=O)OCC)cc1. The summed E-state index contributed by atoms with van der Waals surface area (Å²) in [6, 6.07) is 8.90. The molecule has 1 rings (SSSR count). The smallest absolute Gasteiger partial charge is 0.348 e. The van der Waals surface area contributed by atoms with Gasteiger partial charge in [0, 0.05) is 0 Å². The zero-order valence-corrected chi connectivity index (χ0v) is 12.8. The van der Waals surface area contributed by atoms with E-state index >= 15 is 0 Å². The lowest BCUT2D eigenvalue weighted by molar-refractivity contribution is -0.138. The van der Waals surface area contributed by atoms with Crippen molar-refractivity contribution in [1.29, 1.82) is 5.26 Å². The van der Waals surface area contributed by atoms with Crippen molar-refractivity contribution in [3.05, 3.63) is 47.0 Å². The second kappa shape index (κ2) is 9.35.